The normalized spacial score (nSPS) is 17.6. The summed E-state index contributed by atoms with van der Waals surface area (Å²) in [5.41, 5.74) is 4.62. The monoisotopic (exact) mass is 497 g/mol. The van der Waals surface area contributed by atoms with Gasteiger partial charge in [-0.25, -0.2) is 4.98 Å². The number of benzene rings is 2. The van der Waals surface area contributed by atoms with Crippen LogP contribution in [-0.2, 0) is 9.53 Å². The third-order valence-electron chi connectivity index (χ3n) is 7.12. The molecule has 4 heterocycles. The second-order valence-electron chi connectivity index (χ2n) is 9.58. The van der Waals surface area contributed by atoms with Gasteiger partial charge < -0.3 is 24.1 Å². The third kappa shape index (κ3) is 5.04. The minimum absolute atomic E-state index is 0.218. The van der Waals surface area contributed by atoms with E-state index >= 15 is 0 Å². The Morgan fingerprint density at radius 3 is 2.65 bits per heavy atom. The fraction of sp³-hybridized carbons (Fsp3) is 0.333. The van der Waals surface area contributed by atoms with Gasteiger partial charge in [0.1, 0.15) is 18.1 Å². The van der Waals surface area contributed by atoms with Gasteiger partial charge in [0, 0.05) is 49.1 Å². The molecule has 0 radical (unpaired) electrons. The van der Waals surface area contributed by atoms with E-state index in [9.17, 15) is 4.79 Å². The van der Waals surface area contributed by atoms with E-state index in [1.807, 2.05) is 53.4 Å². The lowest BCUT2D eigenvalue weighted by Gasteiger charge is -2.15. The van der Waals surface area contributed by atoms with Gasteiger partial charge in [-0.05, 0) is 55.2 Å². The number of furan rings is 1. The standard InChI is InChI=1S/C30H31N3O4/c34-26-9-4-16-33(26)17-19-36-23-12-10-22(11-13-23)29-27(21-6-2-1-3-7-21)28-25(14-15-31-30(28)37-29)32-20-24-8-5-18-35-24/h1-3,6-7,10-15,24H,4-5,8-9,16-20H2,(H,31,32)/t24-/m0/s1. The Labute approximate surface area is 216 Å². The van der Waals surface area contributed by atoms with Crippen LogP contribution in [-0.4, -0.2) is 54.7 Å². The summed E-state index contributed by atoms with van der Waals surface area (Å²) in [6.45, 7) is 3.51. The Hall–Kier alpha value is -3.84. The Morgan fingerprint density at radius 1 is 1.03 bits per heavy atom. The van der Waals surface area contributed by atoms with Crippen molar-refractivity contribution in [3.05, 3.63) is 66.9 Å². The van der Waals surface area contributed by atoms with E-state index < -0.39 is 0 Å². The van der Waals surface area contributed by atoms with Crippen molar-refractivity contribution in [1.82, 2.24) is 9.88 Å². The number of ether oxygens (including phenoxy) is 2. The van der Waals surface area contributed by atoms with E-state index in [0.29, 0.717) is 25.3 Å². The molecule has 0 saturated carbocycles. The van der Waals surface area contributed by atoms with Gasteiger partial charge in [-0.15, -0.1) is 0 Å². The molecule has 190 valence electrons. The molecular formula is C30H31N3O4. The number of likely N-dealkylation sites (tertiary alicyclic amines) is 1. The predicted octanol–water partition coefficient (Wildman–Crippen LogP) is 5.75. The summed E-state index contributed by atoms with van der Waals surface area (Å²) in [6, 6.07) is 20.2. The summed E-state index contributed by atoms with van der Waals surface area (Å²) < 4.78 is 18.1. The molecule has 6 rings (SSSR count). The van der Waals surface area contributed by atoms with E-state index in [1.54, 1.807) is 6.20 Å². The van der Waals surface area contributed by atoms with Crippen molar-refractivity contribution in [3.63, 3.8) is 0 Å². The van der Waals surface area contributed by atoms with Crippen LogP contribution in [0.4, 0.5) is 5.69 Å². The Morgan fingerprint density at radius 2 is 1.89 bits per heavy atom. The van der Waals surface area contributed by atoms with E-state index in [4.69, 9.17) is 13.9 Å². The molecule has 0 aliphatic carbocycles. The number of nitrogens with zero attached hydrogens (tertiary/aromatic N) is 2. The number of aromatic nitrogens is 1. The number of hydrogen-bond acceptors (Lipinski definition) is 6. The first-order chi connectivity index (χ1) is 18.3. The van der Waals surface area contributed by atoms with Crippen molar-refractivity contribution in [1.29, 1.82) is 0 Å². The van der Waals surface area contributed by atoms with Crippen LogP contribution >= 0.6 is 0 Å². The first kappa shape index (κ1) is 23.6. The fourth-order valence-corrected chi connectivity index (χ4v) is 5.20. The van der Waals surface area contributed by atoms with Crippen molar-refractivity contribution in [3.8, 4) is 28.2 Å². The number of nitrogens with one attached hydrogen (secondary N) is 1. The van der Waals surface area contributed by atoms with Crippen LogP contribution in [0.3, 0.4) is 0 Å². The molecule has 0 bridgehead atoms. The molecule has 1 atom stereocenters. The minimum Gasteiger partial charge on any atom is -0.492 e. The minimum atomic E-state index is 0.218. The average Bonchev–Trinajstić information content (AvgIpc) is 3.69. The number of anilines is 1. The van der Waals surface area contributed by atoms with Crippen LogP contribution in [0.25, 0.3) is 33.6 Å². The largest absolute Gasteiger partial charge is 0.492 e. The highest BCUT2D eigenvalue weighted by atomic mass is 16.5. The summed E-state index contributed by atoms with van der Waals surface area (Å²) in [7, 11) is 0. The van der Waals surface area contributed by atoms with Crippen molar-refractivity contribution in [2.75, 3.05) is 38.2 Å². The number of amides is 1. The summed E-state index contributed by atoms with van der Waals surface area (Å²) in [4.78, 5) is 18.2. The number of carbonyl (C=O) groups excluding carboxylic acids is 1. The molecular weight excluding hydrogens is 466 g/mol. The van der Waals surface area contributed by atoms with Gasteiger partial charge in [-0.1, -0.05) is 30.3 Å². The molecule has 7 nitrogen and oxygen atoms in total. The van der Waals surface area contributed by atoms with Gasteiger partial charge >= 0.3 is 0 Å². The maximum absolute atomic E-state index is 11.8. The van der Waals surface area contributed by atoms with Gasteiger partial charge in [0.15, 0.2) is 0 Å². The molecule has 0 spiro atoms. The van der Waals surface area contributed by atoms with Crippen molar-refractivity contribution in [2.24, 2.45) is 0 Å². The van der Waals surface area contributed by atoms with E-state index in [1.165, 1.54) is 0 Å². The second kappa shape index (κ2) is 10.6. The molecule has 7 heteroatoms. The average molecular weight is 498 g/mol. The first-order valence-electron chi connectivity index (χ1n) is 13.1. The lowest BCUT2D eigenvalue weighted by molar-refractivity contribution is -0.128. The maximum atomic E-state index is 11.8. The quantitative estimate of drug-likeness (QED) is 0.317. The Bertz CT molecular complexity index is 1360. The van der Waals surface area contributed by atoms with Crippen molar-refractivity contribution in [2.45, 2.75) is 31.8 Å². The summed E-state index contributed by atoms with van der Waals surface area (Å²) in [5, 5.41) is 4.56. The molecule has 2 aromatic carbocycles. The van der Waals surface area contributed by atoms with Crippen LogP contribution in [0.15, 0.2) is 71.3 Å². The number of hydrogen-bond donors (Lipinski definition) is 1. The summed E-state index contributed by atoms with van der Waals surface area (Å²) in [6.07, 6.45) is 5.78. The molecule has 2 aliphatic rings. The van der Waals surface area contributed by atoms with E-state index in [2.05, 4.69) is 22.4 Å². The van der Waals surface area contributed by atoms with Crippen LogP contribution in [0.1, 0.15) is 25.7 Å². The third-order valence-corrected chi connectivity index (χ3v) is 7.12. The van der Waals surface area contributed by atoms with Crippen LogP contribution < -0.4 is 10.1 Å². The van der Waals surface area contributed by atoms with Gasteiger partial charge in [-0.3, -0.25) is 4.79 Å². The highest BCUT2D eigenvalue weighted by molar-refractivity contribution is 6.06. The topological polar surface area (TPSA) is 76.8 Å². The van der Waals surface area contributed by atoms with E-state index in [-0.39, 0.29) is 12.0 Å². The first-order valence-corrected chi connectivity index (χ1v) is 13.1. The van der Waals surface area contributed by atoms with Gasteiger partial charge in [-0.2, -0.15) is 0 Å². The molecule has 2 aliphatic heterocycles. The summed E-state index contributed by atoms with van der Waals surface area (Å²) >= 11 is 0. The van der Waals surface area contributed by atoms with E-state index in [0.717, 1.165) is 78.2 Å². The Balaban J connectivity index is 1.29. The highest BCUT2D eigenvalue weighted by Crippen LogP contribution is 2.43. The number of fused-ring (bicyclic) bond motifs is 1. The zero-order valence-electron chi connectivity index (χ0n) is 20.8. The Kier molecular flexibility index (Phi) is 6.78. The molecule has 1 N–H and O–H groups in total. The molecule has 2 saturated heterocycles. The zero-order valence-corrected chi connectivity index (χ0v) is 20.8. The molecule has 2 fully saturated rings. The molecule has 4 aromatic rings. The fourth-order valence-electron chi connectivity index (χ4n) is 5.20. The van der Waals surface area contributed by atoms with Crippen LogP contribution in [0.5, 0.6) is 5.75 Å². The number of pyridine rings is 1. The van der Waals surface area contributed by atoms with Crippen LogP contribution in [0.2, 0.25) is 0 Å². The predicted molar refractivity (Wildman–Crippen MR) is 144 cm³/mol. The maximum Gasteiger partial charge on any atom is 0.229 e. The lowest BCUT2D eigenvalue weighted by atomic mass is 9.98. The number of rotatable bonds is 9. The van der Waals surface area contributed by atoms with Gasteiger partial charge in [0.25, 0.3) is 0 Å². The summed E-state index contributed by atoms with van der Waals surface area (Å²) in [5.74, 6) is 1.76. The van der Waals surface area contributed by atoms with Crippen LogP contribution in [0, 0.1) is 0 Å². The lowest BCUT2D eigenvalue weighted by Crippen LogP contribution is -2.29. The molecule has 2 aromatic heterocycles. The smallest absolute Gasteiger partial charge is 0.229 e. The van der Waals surface area contributed by atoms with Gasteiger partial charge in [0.2, 0.25) is 11.6 Å². The number of carbonyl (C=O) groups is 1. The molecule has 1 amide bonds. The molecule has 0 unspecified atom stereocenters. The SMILES string of the molecule is O=C1CCCN1CCOc1ccc(-c2oc3nccc(NC[C@@H]4CCCO4)c3c2-c2ccccc2)cc1. The van der Waals surface area contributed by atoms with Crippen molar-refractivity contribution < 1.29 is 18.7 Å². The van der Waals surface area contributed by atoms with Gasteiger partial charge in [0.05, 0.1) is 18.0 Å². The molecule has 37 heavy (non-hydrogen) atoms. The zero-order chi connectivity index (χ0) is 25.0. The highest BCUT2D eigenvalue weighted by Gasteiger charge is 2.23. The van der Waals surface area contributed by atoms with Crippen molar-refractivity contribution >= 4 is 22.7 Å². The second-order valence-corrected chi connectivity index (χ2v) is 9.58.